The van der Waals surface area contributed by atoms with Crippen molar-refractivity contribution in [2.45, 2.75) is 38.0 Å². The zero-order chi connectivity index (χ0) is 30.1. The highest BCUT2D eigenvalue weighted by Crippen LogP contribution is 2.50. The van der Waals surface area contributed by atoms with Gasteiger partial charge >= 0.3 is 0 Å². The van der Waals surface area contributed by atoms with Gasteiger partial charge in [0.15, 0.2) is 11.5 Å². The van der Waals surface area contributed by atoms with Gasteiger partial charge in [0.1, 0.15) is 18.1 Å². The van der Waals surface area contributed by atoms with E-state index in [1.54, 1.807) is 29.1 Å². The van der Waals surface area contributed by atoms with Crippen LogP contribution in [0.3, 0.4) is 0 Å². The number of carbonyl (C=O) groups excluding carboxylic acids is 2. The average molecular weight is 600 g/mol. The number of thioether (sulfide) groups is 1. The number of fused-ring (bicyclic) bond motifs is 2. The number of amides is 2. The molecular formula is C32H33N5O5S. The van der Waals surface area contributed by atoms with Gasteiger partial charge in [0.05, 0.1) is 29.5 Å². The Balaban J connectivity index is 1.48. The number of rotatable bonds is 7. The van der Waals surface area contributed by atoms with Crippen molar-refractivity contribution in [3.63, 3.8) is 0 Å². The molecule has 222 valence electrons. The highest BCUT2D eigenvalue weighted by Gasteiger charge is 2.40. The van der Waals surface area contributed by atoms with Gasteiger partial charge in [-0.15, -0.1) is 11.8 Å². The van der Waals surface area contributed by atoms with Crippen LogP contribution >= 0.6 is 11.8 Å². The molecule has 1 atom stereocenters. The van der Waals surface area contributed by atoms with E-state index in [4.69, 9.17) is 19.3 Å². The van der Waals surface area contributed by atoms with E-state index in [-0.39, 0.29) is 41.6 Å². The fourth-order valence-electron chi connectivity index (χ4n) is 5.22. The second-order valence-corrected chi connectivity index (χ2v) is 12.5. The lowest BCUT2D eigenvalue weighted by Gasteiger charge is -2.24. The van der Waals surface area contributed by atoms with Crippen LogP contribution in [0.4, 0.5) is 5.82 Å². The lowest BCUT2D eigenvalue weighted by molar-refractivity contribution is -0.123. The van der Waals surface area contributed by atoms with Crippen molar-refractivity contribution in [3.05, 3.63) is 89.4 Å². The van der Waals surface area contributed by atoms with Gasteiger partial charge in [-0.05, 0) is 59.7 Å². The van der Waals surface area contributed by atoms with Gasteiger partial charge in [0.2, 0.25) is 18.6 Å². The SMILES string of the molecule is COc1ccc(-n2nc(C(C)(C)C)c3c2N(CC(=O)NCc2ccncc2)C(=O)CS[C@H]3c2ccc3c(c2)OCO3)cc1. The molecule has 0 unspecified atom stereocenters. The largest absolute Gasteiger partial charge is 0.497 e. The van der Waals surface area contributed by atoms with Gasteiger partial charge in [-0.1, -0.05) is 26.8 Å². The highest BCUT2D eigenvalue weighted by atomic mass is 32.2. The zero-order valence-electron chi connectivity index (χ0n) is 24.5. The minimum atomic E-state index is -0.375. The fraction of sp³-hybridized carbons (Fsp3) is 0.312. The van der Waals surface area contributed by atoms with Crippen LogP contribution in [0.15, 0.2) is 67.0 Å². The maximum absolute atomic E-state index is 13.9. The lowest BCUT2D eigenvalue weighted by Crippen LogP contribution is -2.42. The summed E-state index contributed by atoms with van der Waals surface area (Å²) in [5.74, 6) is 2.36. The molecule has 0 aliphatic carbocycles. The van der Waals surface area contributed by atoms with Crippen molar-refractivity contribution in [2.75, 3.05) is 31.1 Å². The number of methoxy groups -OCH3 is 1. The summed E-state index contributed by atoms with van der Waals surface area (Å²) in [5, 5.41) is 7.84. The molecule has 0 saturated heterocycles. The maximum Gasteiger partial charge on any atom is 0.240 e. The molecule has 43 heavy (non-hydrogen) atoms. The number of pyridine rings is 1. The second-order valence-electron chi connectivity index (χ2n) is 11.4. The van der Waals surface area contributed by atoms with Gasteiger partial charge in [-0.2, -0.15) is 5.10 Å². The van der Waals surface area contributed by atoms with Crippen molar-refractivity contribution in [2.24, 2.45) is 0 Å². The minimum Gasteiger partial charge on any atom is -0.497 e. The molecular weight excluding hydrogens is 566 g/mol. The molecule has 2 aliphatic rings. The van der Waals surface area contributed by atoms with Crippen LogP contribution in [0.2, 0.25) is 0 Å². The van der Waals surface area contributed by atoms with Crippen molar-refractivity contribution >= 4 is 29.4 Å². The van der Waals surface area contributed by atoms with E-state index in [1.807, 2.05) is 54.6 Å². The number of ether oxygens (including phenoxy) is 3. The Labute approximate surface area is 254 Å². The molecule has 0 fully saturated rings. The van der Waals surface area contributed by atoms with Gasteiger partial charge in [0, 0.05) is 29.9 Å². The molecule has 0 radical (unpaired) electrons. The van der Waals surface area contributed by atoms with Crippen molar-refractivity contribution in [1.29, 1.82) is 0 Å². The molecule has 1 N–H and O–H groups in total. The Bertz CT molecular complexity index is 1650. The predicted molar refractivity (Wildman–Crippen MR) is 164 cm³/mol. The first-order valence-corrected chi connectivity index (χ1v) is 15.0. The molecule has 0 bridgehead atoms. The van der Waals surface area contributed by atoms with Gasteiger partial charge in [-0.3, -0.25) is 19.5 Å². The van der Waals surface area contributed by atoms with Crippen LogP contribution < -0.4 is 24.4 Å². The molecule has 4 aromatic rings. The minimum absolute atomic E-state index is 0.156. The predicted octanol–water partition coefficient (Wildman–Crippen LogP) is 4.79. The Kier molecular flexibility index (Phi) is 7.74. The standard InChI is InChI=1S/C32H33N5O5S/c1-32(2,3)30-28-29(21-5-10-24-25(15-21)42-19-41-24)43-18-27(39)36(17-26(38)34-16-20-11-13-33-14-12-20)31(28)37(35-30)22-6-8-23(40-4)9-7-22/h5-15,29H,16-19H2,1-4H3,(H,34,38)/t29-/m0/s1. The van der Waals surface area contributed by atoms with E-state index in [0.717, 1.165) is 28.1 Å². The molecule has 2 amide bonds. The van der Waals surface area contributed by atoms with E-state index in [1.165, 1.54) is 11.8 Å². The van der Waals surface area contributed by atoms with Gasteiger partial charge in [-0.25, -0.2) is 4.68 Å². The van der Waals surface area contributed by atoms with Crippen LogP contribution in [0, 0.1) is 0 Å². The summed E-state index contributed by atoms with van der Waals surface area (Å²) in [7, 11) is 1.62. The molecule has 2 aliphatic heterocycles. The van der Waals surface area contributed by atoms with E-state index >= 15 is 0 Å². The summed E-state index contributed by atoms with van der Waals surface area (Å²) in [4.78, 5) is 32.9. The summed E-state index contributed by atoms with van der Waals surface area (Å²) in [6.07, 6.45) is 3.36. The normalized spacial score (nSPS) is 16.0. The smallest absolute Gasteiger partial charge is 0.240 e. The number of aromatic nitrogens is 3. The first kappa shape index (κ1) is 28.6. The molecule has 4 heterocycles. The first-order chi connectivity index (χ1) is 20.7. The van der Waals surface area contributed by atoms with E-state index < -0.39 is 0 Å². The zero-order valence-corrected chi connectivity index (χ0v) is 25.3. The van der Waals surface area contributed by atoms with Crippen LogP contribution in [0.5, 0.6) is 17.2 Å². The third-order valence-electron chi connectivity index (χ3n) is 7.36. The Hall–Kier alpha value is -4.51. The van der Waals surface area contributed by atoms with E-state index in [2.05, 4.69) is 31.1 Å². The summed E-state index contributed by atoms with van der Waals surface area (Å²) < 4.78 is 18.4. The number of anilines is 1. The first-order valence-electron chi connectivity index (χ1n) is 14.0. The molecule has 2 aromatic carbocycles. The van der Waals surface area contributed by atoms with Crippen molar-refractivity contribution in [3.8, 4) is 22.9 Å². The Morgan fingerprint density at radius 2 is 1.81 bits per heavy atom. The number of carbonyl (C=O) groups is 2. The molecule has 0 saturated carbocycles. The number of nitrogens with one attached hydrogen (secondary N) is 1. The topological polar surface area (TPSA) is 108 Å². The second kappa shape index (κ2) is 11.6. The summed E-state index contributed by atoms with van der Waals surface area (Å²) in [5.41, 5.74) is 3.99. The quantitative estimate of drug-likeness (QED) is 0.323. The highest BCUT2D eigenvalue weighted by molar-refractivity contribution is 8.00. The van der Waals surface area contributed by atoms with Crippen LogP contribution in [-0.4, -0.2) is 52.8 Å². The Morgan fingerprint density at radius 1 is 1.07 bits per heavy atom. The molecule has 10 nitrogen and oxygen atoms in total. The van der Waals surface area contributed by atoms with Crippen LogP contribution in [0.25, 0.3) is 5.69 Å². The number of nitrogens with zero attached hydrogens (tertiary/aromatic N) is 4. The Morgan fingerprint density at radius 3 is 2.53 bits per heavy atom. The number of hydrogen-bond donors (Lipinski definition) is 1. The molecule has 2 aromatic heterocycles. The van der Waals surface area contributed by atoms with Crippen LogP contribution in [-0.2, 0) is 21.5 Å². The fourth-order valence-corrected chi connectivity index (χ4v) is 6.40. The van der Waals surface area contributed by atoms with Gasteiger partial charge in [0.25, 0.3) is 0 Å². The van der Waals surface area contributed by atoms with Gasteiger partial charge < -0.3 is 19.5 Å². The average Bonchev–Trinajstić information content (AvgIpc) is 3.61. The number of hydrogen-bond acceptors (Lipinski definition) is 8. The van der Waals surface area contributed by atoms with E-state index in [0.29, 0.717) is 29.6 Å². The molecule has 11 heteroatoms. The lowest BCUT2D eigenvalue weighted by atomic mass is 9.87. The summed E-state index contributed by atoms with van der Waals surface area (Å²) in [6, 6.07) is 17.1. The van der Waals surface area contributed by atoms with Crippen molar-refractivity contribution < 1.29 is 23.8 Å². The third kappa shape index (κ3) is 5.77. The number of benzene rings is 2. The van der Waals surface area contributed by atoms with Crippen LogP contribution in [0.1, 0.15) is 48.4 Å². The summed E-state index contributed by atoms with van der Waals surface area (Å²) >= 11 is 1.52. The summed E-state index contributed by atoms with van der Waals surface area (Å²) in [6.45, 7) is 6.66. The molecule has 6 rings (SSSR count). The maximum atomic E-state index is 13.9. The van der Waals surface area contributed by atoms with E-state index in [9.17, 15) is 9.59 Å². The third-order valence-corrected chi connectivity index (χ3v) is 8.61. The monoisotopic (exact) mass is 599 g/mol. The van der Waals surface area contributed by atoms with Crippen molar-refractivity contribution in [1.82, 2.24) is 20.1 Å². The molecule has 0 spiro atoms.